The lowest BCUT2D eigenvalue weighted by atomic mass is 9.76. The Morgan fingerprint density at radius 3 is 2.74 bits per heavy atom. The van der Waals surface area contributed by atoms with Crippen molar-refractivity contribution in [2.75, 3.05) is 10.6 Å². The van der Waals surface area contributed by atoms with E-state index in [0.717, 1.165) is 29.8 Å². The van der Waals surface area contributed by atoms with Crippen LogP contribution >= 0.6 is 11.6 Å². The number of aryl methyl sites for hydroxylation is 1. The van der Waals surface area contributed by atoms with Crippen molar-refractivity contribution in [2.45, 2.75) is 45.1 Å². The van der Waals surface area contributed by atoms with Crippen LogP contribution in [0.1, 0.15) is 54.8 Å². The third-order valence-electron chi connectivity index (χ3n) is 5.66. The first-order valence-corrected chi connectivity index (χ1v) is 10.1. The standard InChI is InChI=1S/C23H25ClN2O/c1-3-5-20(27)25-19-13-12-18(24)23-21(19)16-6-4-7-17(16)22(26-23)15-10-8-14(2)9-11-15/h4,6,8-13,16-17,22,26H,3,5,7H2,1-2H3,(H,25,27). The molecule has 1 amide bonds. The van der Waals surface area contributed by atoms with Crippen LogP contribution in [0.3, 0.4) is 0 Å². The molecule has 1 heterocycles. The van der Waals surface area contributed by atoms with Gasteiger partial charge in [-0.1, -0.05) is 60.5 Å². The van der Waals surface area contributed by atoms with E-state index in [0.29, 0.717) is 17.4 Å². The quantitative estimate of drug-likeness (QED) is 0.618. The number of hydrogen-bond donors (Lipinski definition) is 2. The van der Waals surface area contributed by atoms with Gasteiger partial charge in [-0.3, -0.25) is 4.79 Å². The first-order valence-electron chi connectivity index (χ1n) is 9.70. The monoisotopic (exact) mass is 380 g/mol. The molecule has 27 heavy (non-hydrogen) atoms. The van der Waals surface area contributed by atoms with Gasteiger partial charge in [0.2, 0.25) is 5.91 Å². The molecule has 0 aromatic heterocycles. The SMILES string of the molecule is CCCC(=O)Nc1ccc(Cl)c2c1C1C=CCC1C(c1ccc(C)cc1)N2. The summed E-state index contributed by atoms with van der Waals surface area (Å²) in [5.74, 6) is 0.727. The van der Waals surface area contributed by atoms with Gasteiger partial charge in [0.15, 0.2) is 0 Å². The van der Waals surface area contributed by atoms with Crippen molar-refractivity contribution in [1.29, 1.82) is 0 Å². The van der Waals surface area contributed by atoms with E-state index in [4.69, 9.17) is 11.6 Å². The maximum Gasteiger partial charge on any atom is 0.224 e. The van der Waals surface area contributed by atoms with Crippen LogP contribution in [0.15, 0.2) is 48.6 Å². The molecule has 4 rings (SSSR count). The van der Waals surface area contributed by atoms with Crippen molar-refractivity contribution >= 4 is 28.9 Å². The number of carbonyl (C=O) groups excluding carboxylic acids is 1. The van der Waals surface area contributed by atoms with Crippen molar-refractivity contribution in [3.05, 3.63) is 70.3 Å². The summed E-state index contributed by atoms with van der Waals surface area (Å²) in [7, 11) is 0. The Morgan fingerprint density at radius 2 is 2.00 bits per heavy atom. The number of fused-ring (bicyclic) bond motifs is 3. The van der Waals surface area contributed by atoms with Crippen LogP contribution in [0.25, 0.3) is 0 Å². The van der Waals surface area contributed by atoms with E-state index in [-0.39, 0.29) is 17.9 Å². The van der Waals surface area contributed by atoms with Crippen molar-refractivity contribution in [2.24, 2.45) is 5.92 Å². The number of nitrogens with one attached hydrogen (secondary N) is 2. The van der Waals surface area contributed by atoms with Crippen molar-refractivity contribution < 1.29 is 4.79 Å². The second kappa shape index (κ2) is 7.40. The van der Waals surface area contributed by atoms with E-state index >= 15 is 0 Å². The van der Waals surface area contributed by atoms with Crippen LogP contribution in [-0.2, 0) is 4.79 Å². The Bertz CT molecular complexity index is 888. The maximum absolute atomic E-state index is 12.2. The average Bonchev–Trinajstić information content (AvgIpc) is 3.14. The molecule has 3 atom stereocenters. The van der Waals surface area contributed by atoms with Gasteiger partial charge >= 0.3 is 0 Å². The van der Waals surface area contributed by atoms with Crippen molar-refractivity contribution in [3.63, 3.8) is 0 Å². The average molecular weight is 381 g/mol. The Hall–Kier alpha value is -2.26. The lowest BCUT2D eigenvalue weighted by Gasteiger charge is -2.39. The van der Waals surface area contributed by atoms with Gasteiger partial charge in [0.25, 0.3) is 0 Å². The van der Waals surface area contributed by atoms with E-state index in [1.807, 2.05) is 19.1 Å². The minimum atomic E-state index is 0.0567. The fourth-order valence-corrected chi connectivity index (χ4v) is 4.55. The molecule has 0 fully saturated rings. The third kappa shape index (κ3) is 3.37. The molecule has 2 aliphatic rings. The number of rotatable bonds is 4. The molecule has 0 saturated carbocycles. The summed E-state index contributed by atoms with van der Waals surface area (Å²) in [4.78, 5) is 12.2. The van der Waals surface area contributed by atoms with E-state index in [9.17, 15) is 4.79 Å². The molecule has 1 aliphatic carbocycles. The molecule has 0 radical (unpaired) electrons. The zero-order chi connectivity index (χ0) is 19.0. The van der Waals surface area contributed by atoms with Crippen LogP contribution in [0.5, 0.6) is 0 Å². The van der Waals surface area contributed by atoms with Gasteiger partial charge in [-0.05, 0) is 43.4 Å². The molecule has 1 aliphatic heterocycles. The van der Waals surface area contributed by atoms with Gasteiger partial charge in [0.1, 0.15) is 0 Å². The summed E-state index contributed by atoms with van der Waals surface area (Å²) in [5.41, 5.74) is 5.49. The van der Waals surface area contributed by atoms with Gasteiger partial charge in [-0.15, -0.1) is 0 Å². The fourth-order valence-electron chi connectivity index (χ4n) is 4.33. The molecule has 0 saturated heterocycles. The van der Waals surface area contributed by atoms with Gasteiger partial charge in [0.05, 0.1) is 16.8 Å². The minimum absolute atomic E-state index is 0.0567. The van der Waals surface area contributed by atoms with Gasteiger partial charge < -0.3 is 10.6 Å². The molecular weight excluding hydrogens is 356 g/mol. The normalized spacial score (nSPS) is 22.7. The molecule has 2 aromatic carbocycles. The molecular formula is C23H25ClN2O. The number of anilines is 2. The number of allylic oxidation sites excluding steroid dienone is 2. The van der Waals surface area contributed by atoms with Crippen LogP contribution in [0.4, 0.5) is 11.4 Å². The number of halogens is 1. The summed E-state index contributed by atoms with van der Waals surface area (Å²) in [5, 5.41) is 7.50. The topological polar surface area (TPSA) is 41.1 Å². The van der Waals surface area contributed by atoms with E-state index in [1.54, 1.807) is 0 Å². The Balaban J connectivity index is 1.75. The molecule has 4 heteroatoms. The van der Waals surface area contributed by atoms with Crippen LogP contribution in [0.2, 0.25) is 5.02 Å². The fraction of sp³-hybridized carbons (Fsp3) is 0.348. The highest BCUT2D eigenvalue weighted by Gasteiger charge is 2.40. The Labute approximate surface area is 165 Å². The van der Waals surface area contributed by atoms with Gasteiger partial charge in [-0.25, -0.2) is 0 Å². The largest absolute Gasteiger partial charge is 0.376 e. The van der Waals surface area contributed by atoms with Crippen molar-refractivity contribution in [3.8, 4) is 0 Å². The van der Waals surface area contributed by atoms with E-state index in [2.05, 4.69) is 54.0 Å². The van der Waals surface area contributed by atoms with E-state index < -0.39 is 0 Å². The molecule has 2 aromatic rings. The number of amides is 1. The second-order valence-electron chi connectivity index (χ2n) is 7.57. The highest BCUT2D eigenvalue weighted by atomic mass is 35.5. The smallest absolute Gasteiger partial charge is 0.224 e. The Morgan fingerprint density at radius 1 is 1.22 bits per heavy atom. The zero-order valence-corrected chi connectivity index (χ0v) is 16.5. The lowest BCUT2D eigenvalue weighted by molar-refractivity contribution is -0.116. The first kappa shape index (κ1) is 18.1. The zero-order valence-electron chi connectivity index (χ0n) is 15.8. The summed E-state index contributed by atoms with van der Waals surface area (Å²) in [6, 6.07) is 12.7. The van der Waals surface area contributed by atoms with Gasteiger partial charge in [0, 0.05) is 23.6 Å². The second-order valence-corrected chi connectivity index (χ2v) is 7.98. The summed E-state index contributed by atoms with van der Waals surface area (Å²) in [6.07, 6.45) is 6.91. The van der Waals surface area contributed by atoms with Crippen molar-refractivity contribution in [1.82, 2.24) is 0 Å². The summed E-state index contributed by atoms with van der Waals surface area (Å²) in [6.45, 7) is 4.12. The molecule has 0 bridgehead atoms. The van der Waals surface area contributed by atoms with Gasteiger partial charge in [-0.2, -0.15) is 0 Å². The molecule has 3 nitrogen and oxygen atoms in total. The van der Waals surface area contributed by atoms with Crippen LogP contribution in [-0.4, -0.2) is 5.91 Å². The highest BCUT2D eigenvalue weighted by Crippen LogP contribution is 2.53. The third-order valence-corrected chi connectivity index (χ3v) is 5.97. The summed E-state index contributed by atoms with van der Waals surface area (Å²) >= 11 is 6.58. The summed E-state index contributed by atoms with van der Waals surface area (Å²) < 4.78 is 0. The molecule has 140 valence electrons. The first-order chi connectivity index (χ1) is 13.1. The van der Waals surface area contributed by atoms with Crippen LogP contribution < -0.4 is 10.6 Å². The Kier molecular flexibility index (Phi) is 4.96. The van der Waals surface area contributed by atoms with E-state index in [1.165, 1.54) is 11.1 Å². The predicted octanol–water partition coefficient (Wildman–Crippen LogP) is 6.21. The minimum Gasteiger partial charge on any atom is -0.376 e. The number of benzene rings is 2. The maximum atomic E-state index is 12.2. The number of carbonyl (C=O) groups is 1. The highest BCUT2D eigenvalue weighted by molar-refractivity contribution is 6.33. The predicted molar refractivity (Wildman–Crippen MR) is 113 cm³/mol. The number of hydrogen-bond acceptors (Lipinski definition) is 2. The lowest BCUT2D eigenvalue weighted by Crippen LogP contribution is -2.30. The molecule has 3 unspecified atom stereocenters. The molecule has 0 spiro atoms. The molecule has 2 N–H and O–H groups in total. The van der Waals surface area contributed by atoms with Crippen LogP contribution in [0, 0.1) is 12.8 Å².